The van der Waals surface area contributed by atoms with Gasteiger partial charge in [0.05, 0.1) is 11.4 Å². The number of hydrogen-bond donors (Lipinski definition) is 2. The molecule has 4 aromatic rings. The smallest absolute Gasteiger partial charge is 0.248 e. The molecule has 202 valence electrons. The molecule has 2 amide bonds. The lowest BCUT2D eigenvalue weighted by molar-refractivity contribution is -0.112. The Morgan fingerprint density at radius 2 is 0.950 bits per heavy atom. The largest absolute Gasteiger partial charge is 0.488 e. The van der Waals surface area contributed by atoms with E-state index in [0.29, 0.717) is 34.0 Å². The third-order valence-electron chi connectivity index (χ3n) is 5.48. The number of halogens is 2. The van der Waals surface area contributed by atoms with Gasteiger partial charge >= 0.3 is 0 Å². The van der Waals surface area contributed by atoms with E-state index in [-0.39, 0.29) is 36.7 Å². The summed E-state index contributed by atoms with van der Waals surface area (Å²) in [5.41, 5.74) is 2.35. The zero-order valence-electron chi connectivity index (χ0n) is 21.4. The zero-order chi connectivity index (χ0) is 28.2. The number of para-hydroxylation sites is 4. The standard InChI is InChI=1S/C32H26F2N2O4/c33-25-15-9-23(10-16-25)13-19-31(37)35-27-5-1-3-7-29(27)39-21-22-40-30-8-4-2-6-28(30)36-32(38)20-14-24-11-17-26(34)18-12-24/h1-20H,21-22H2,(H,35,37)(H,36,38)/b19-13-,20-14+. The maximum absolute atomic E-state index is 13.0. The highest BCUT2D eigenvalue weighted by Gasteiger charge is 2.08. The minimum atomic E-state index is -0.366. The van der Waals surface area contributed by atoms with Gasteiger partial charge in [-0.1, -0.05) is 48.5 Å². The molecule has 0 atom stereocenters. The van der Waals surface area contributed by atoms with Gasteiger partial charge in [-0.2, -0.15) is 0 Å². The van der Waals surface area contributed by atoms with Gasteiger partial charge in [-0.05, 0) is 71.8 Å². The molecule has 0 aliphatic rings. The summed E-state index contributed by atoms with van der Waals surface area (Å²) >= 11 is 0. The second-order valence-corrected chi connectivity index (χ2v) is 8.44. The highest BCUT2D eigenvalue weighted by molar-refractivity contribution is 6.03. The van der Waals surface area contributed by atoms with E-state index in [0.717, 1.165) is 0 Å². The van der Waals surface area contributed by atoms with Gasteiger partial charge in [0.2, 0.25) is 11.8 Å². The molecule has 0 saturated heterocycles. The fraction of sp³-hybridized carbons (Fsp3) is 0.0625. The second kappa shape index (κ2) is 14.1. The van der Waals surface area contributed by atoms with Gasteiger partial charge in [0.1, 0.15) is 36.3 Å². The minimum Gasteiger partial charge on any atom is -0.488 e. The molecule has 0 bridgehead atoms. The third kappa shape index (κ3) is 8.66. The van der Waals surface area contributed by atoms with Gasteiger partial charge < -0.3 is 20.1 Å². The summed E-state index contributed by atoms with van der Waals surface area (Å²) in [5.74, 6) is -0.505. The molecule has 8 heteroatoms. The molecule has 0 unspecified atom stereocenters. The number of rotatable bonds is 11. The quantitative estimate of drug-likeness (QED) is 0.163. The number of anilines is 2. The SMILES string of the molecule is O=C(/C=C\c1ccc(F)cc1)Nc1ccccc1OCCOc1ccccc1NC(=O)/C=C/c1ccc(F)cc1. The van der Waals surface area contributed by atoms with Crippen LogP contribution in [0.2, 0.25) is 0 Å². The number of amides is 2. The number of ether oxygens (including phenoxy) is 2. The van der Waals surface area contributed by atoms with E-state index in [1.807, 2.05) is 0 Å². The molecule has 0 fully saturated rings. The summed E-state index contributed by atoms with van der Waals surface area (Å²) in [4.78, 5) is 24.8. The molecule has 0 spiro atoms. The Labute approximate surface area is 230 Å². The first-order valence-corrected chi connectivity index (χ1v) is 12.4. The van der Waals surface area contributed by atoms with Crippen LogP contribution in [0.5, 0.6) is 11.5 Å². The van der Waals surface area contributed by atoms with E-state index in [2.05, 4.69) is 10.6 Å². The molecule has 0 aliphatic heterocycles. The van der Waals surface area contributed by atoms with Gasteiger partial charge in [0.25, 0.3) is 0 Å². The van der Waals surface area contributed by atoms with Gasteiger partial charge in [-0.15, -0.1) is 0 Å². The Morgan fingerprint density at radius 1 is 0.575 bits per heavy atom. The number of hydrogen-bond acceptors (Lipinski definition) is 4. The molecule has 4 rings (SSSR count). The van der Waals surface area contributed by atoms with Crippen molar-refractivity contribution in [1.29, 1.82) is 0 Å². The molecule has 0 aliphatic carbocycles. The first kappa shape index (κ1) is 27.8. The summed E-state index contributed by atoms with van der Waals surface area (Å²) in [6.07, 6.45) is 5.88. The van der Waals surface area contributed by atoms with Crippen LogP contribution in [0.15, 0.2) is 109 Å². The highest BCUT2D eigenvalue weighted by atomic mass is 19.1. The van der Waals surface area contributed by atoms with E-state index >= 15 is 0 Å². The summed E-state index contributed by atoms with van der Waals surface area (Å²) < 4.78 is 37.7. The van der Waals surface area contributed by atoms with Crippen molar-refractivity contribution in [2.45, 2.75) is 0 Å². The molecule has 4 aromatic carbocycles. The van der Waals surface area contributed by atoms with Crippen LogP contribution in [0.25, 0.3) is 12.2 Å². The van der Waals surface area contributed by atoms with E-state index in [9.17, 15) is 18.4 Å². The third-order valence-corrected chi connectivity index (χ3v) is 5.48. The van der Waals surface area contributed by atoms with Crippen molar-refractivity contribution < 1.29 is 27.8 Å². The first-order chi connectivity index (χ1) is 19.5. The Morgan fingerprint density at radius 3 is 1.35 bits per heavy atom. The van der Waals surface area contributed by atoms with Crippen molar-refractivity contribution >= 4 is 35.3 Å². The van der Waals surface area contributed by atoms with Crippen LogP contribution >= 0.6 is 0 Å². The van der Waals surface area contributed by atoms with Crippen molar-refractivity contribution in [3.8, 4) is 11.5 Å². The molecular weight excluding hydrogens is 514 g/mol. The van der Waals surface area contributed by atoms with Gasteiger partial charge in [0, 0.05) is 12.2 Å². The summed E-state index contributed by atoms with van der Waals surface area (Å²) in [6.45, 7) is 0.343. The van der Waals surface area contributed by atoms with Crippen LogP contribution in [0.1, 0.15) is 11.1 Å². The predicted octanol–water partition coefficient (Wildman–Crippen LogP) is 6.73. The van der Waals surface area contributed by atoms with Crippen LogP contribution in [0.3, 0.4) is 0 Å². The normalized spacial score (nSPS) is 10.9. The maximum atomic E-state index is 13.0. The van der Waals surface area contributed by atoms with Crippen LogP contribution in [-0.4, -0.2) is 25.0 Å². The molecule has 0 aromatic heterocycles. The van der Waals surface area contributed by atoms with E-state index in [1.165, 1.54) is 36.4 Å². The fourth-order valence-electron chi connectivity index (χ4n) is 3.54. The molecule has 0 radical (unpaired) electrons. The Bertz CT molecular complexity index is 1390. The topological polar surface area (TPSA) is 76.7 Å². The number of carbonyl (C=O) groups is 2. The maximum Gasteiger partial charge on any atom is 0.248 e. The lowest BCUT2D eigenvalue weighted by Crippen LogP contribution is -2.14. The Balaban J connectivity index is 1.28. The minimum absolute atomic E-state index is 0.172. The van der Waals surface area contributed by atoms with E-state index < -0.39 is 0 Å². The average Bonchev–Trinajstić information content (AvgIpc) is 2.96. The Hall–Kier alpha value is -5.24. The molecule has 6 nitrogen and oxygen atoms in total. The zero-order valence-corrected chi connectivity index (χ0v) is 21.4. The van der Waals surface area contributed by atoms with Crippen molar-refractivity contribution in [3.05, 3.63) is 132 Å². The fourth-order valence-corrected chi connectivity index (χ4v) is 3.54. The van der Waals surface area contributed by atoms with Gasteiger partial charge in [0.15, 0.2) is 0 Å². The van der Waals surface area contributed by atoms with E-state index in [4.69, 9.17) is 9.47 Å². The number of carbonyl (C=O) groups excluding carboxylic acids is 2. The van der Waals surface area contributed by atoms with Gasteiger partial charge in [-0.3, -0.25) is 9.59 Å². The lowest BCUT2D eigenvalue weighted by atomic mass is 10.2. The van der Waals surface area contributed by atoms with E-state index in [1.54, 1.807) is 84.9 Å². The van der Waals surface area contributed by atoms with Crippen LogP contribution in [0.4, 0.5) is 20.2 Å². The van der Waals surface area contributed by atoms with Crippen molar-refractivity contribution in [2.75, 3.05) is 23.8 Å². The van der Waals surface area contributed by atoms with Crippen LogP contribution in [0, 0.1) is 11.6 Å². The second-order valence-electron chi connectivity index (χ2n) is 8.44. The number of nitrogens with one attached hydrogen (secondary N) is 2. The van der Waals surface area contributed by atoms with Crippen molar-refractivity contribution in [2.24, 2.45) is 0 Å². The molecule has 0 heterocycles. The van der Waals surface area contributed by atoms with Crippen molar-refractivity contribution in [3.63, 3.8) is 0 Å². The Kier molecular flexibility index (Phi) is 9.77. The average molecular weight is 541 g/mol. The molecular formula is C32H26F2N2O4. The molecule has 40 heavy (non-hydrogen) atoms. The summed E-state index contributed by atoms with van der Waals surface area (Å²) in [7, 11) is 0. The van der Waals surface area contributed by atoms with Gasteiger partial charge in [-0.25, -0.2) is 8.78 Å². The predicted molar refractivity (Wildman–Crippen MR) is 152 cm³/mol. The lowest BCUT2D eigenvalue weighted by Gasteiger charge is -2.14. The molecule has 0 saturated carbocycles. The monoisotopic (exact) mass is 540 g/mol. The van der Waals surface area contributed by atoms with Crippen LogP contribution in [-0.2, 0) is 9.59 Å². The number of benzene rings is 4. The first-order valence-electron chi connectivity index (χ1n) is 12.4. The molecule has 2 N–H and O–H groups in total. The van der Waals surface area contributed by atoms with Crippen molar-refractivity contribution in [1.82, 2.24) is 0 Å². The highest BCUT2D eigenvalue weighted by Crippen LogP contribution is 2.26. The summed E-state index contributed by atoms with van der Waals surface area (Å²) in [6, 6.07) is 25.6. The summed E-state index contributed by atoms with van der Waals surface area (Å²) in [5, 5.41) is 5.54. The van der Waals surface area contributed by atoms with Crippen LogP contribution < -0.4 is 20.1 Å².